The smallest absolute Gasteiger partial charge is 0.328 e. The number of hydrogen-bond donors (Lipinski definition) is 1. The Morgan fingerprint density at radius 1 is 1.12 bits per heavy atom. The molecule has 3 rings (SSSR count). The van der Waals surface area contributed by atoms with Gasteiger partial charge in [0.25, 0.3) is 5.91 Å². The first kappa shape index (κ1) is 22.7. The van der Waals surface area contributed by atoms with Crippen LogP contribution in [0.1, 0.15) is 17.5 Å². The molecule has 32 heavy (non-hydrogen) atoms. The number of aliphatic carboxylic acids is 1. The highest BCUT2D eigenvalue weighted by molar-refractivity contribution is 6.23. The molecule has 0 radical (unpaired) electrons. The van der Waals surface area contributed by atoms with Crippen molar-refractivity contribution in [2.24, 2.45) is 0 Å². The van der Waals surface area contributed by atoms with Gasteiger partial charge in [0.05, 0.1) is 19.2 Å². The Morgan fingerprint density at radius 2 is 1.81 bits per heavy atom. The van der Waals surface area contributed by atoms with Gasteiger partial charge < -0.3 is 14.7 Å². The van der Waals surface area contributed by atoms with Gasteiger partial charge in [0, 0.05) is 18.7 Å². The molecule has 1 atom stereocenters. The molecule has 1 N–H and O–H groups in total. The maximum absolute atomic E-state index is 13.2. The van der Waals surface area contributed by atoms with Crippen LogP contribution in [0.2, 0.25) is 0 Å². The summed E-state index contributed by atoms with van der Waals surface area (Å²) in [6.07, 6.45) is 1.81. The van der Waals surface area contributed by atoms with E-state index in [0.29, 0.717) is 17.9 Å². The molecule has 166 valence electrons. The summed E-state index contributed by atoms with van der Waals surface area (Å²) in [6, 6.07) is 13.3. The van der Waals surface area contributed by atoms with Crippen molar-refractivity contribution in [2.45, 2.75) is 25.8 Å². The van der Waals surface area contributed by atoms with E-state index in [1.807, 2.05) is 18.2 Å². The number of methoxy groups -OCH3 is 1. The Morgan fingerprint density at radius 3 is 2.50 bits per heavy atom. The number of para-hydroxylation sites is 2. The summed E-state index contributed by atoms with van der Waals surface area (Å²) in [5.74, 6) is -2.22. The van der Waals surface area contributed by atoms with E-state index in [-0.39, 0.29) is 13.0 Å². The van der Waals surface area contributed by atoms with Crippen LogP contribution in [0.4, 0.5) is 5.69 Å². The third-order valence-corrected chi connectivity index (χ3v) is 5.32. The molecule has 8 heteroatoms. The van der Waals surface area contributed by atoms with Crippen molar-refractivity contribution < 1.29 is 29.0 Å². The molecule has 0 aliphatic carbocycles. The van der Waals surface area contributed by atoms with Crippen LogP contribution in [0.15, 0.2) is 60.7 Å². The summed E-state index contributed by atoms with van der Waals surface area (Å²) >= 11 is 0. The van der Waals surface area contributed by atoms with Crippen molar-refractivity contribution in [1.82, 2.24) is 4.90 Å². The van der Waals surface area contributed by atoms with Crippen LogP contribution < -0.4 is 9.64 Å². The number of ether oxygens (including phenoxy) is 1. The van der Waals surface area contributed by atoms with Crippen LogP contribution in [0.25, 0.3) is 0 Å². The standard InChI is InChI=1S/C24H24N2O6/c1-16-7-3-5-9-18(16)26-22(28)15-19(24(26)31)25(21(27)11-12-23(29)30)14-13-17-8-4-6-10-20(17)32-2/h3-12,19H,13-15H2,1-2H3,(H,29,30)/b12-11-/t19-/m0/s1. The van der Waals surface area contributed by atoms with E-state index in [9.17, 15) is 19.2 Å². The summed E-state index contributed by atoms with van der Waals surface area (Å²) in [5.41, 5.74) is 2.05. The number of rotatable bonds is 8. The number of carboxylic acid groups (broad SMARTS) is 1. The average molecular weight is 436 g/mol. The van der Waals surface area contributed by atoms with E-state index in [2.05, 4.69) is 0 Å². The molecule has 0 aromatic heterocycles. The maximum atomic E-state index is 13.2. The molecule has 1 fully saturated rings. The molecule has 0 spiro atoms. The quantitative estimate of drug-likeness (QED) is 0.503. The predicted octanol–water partition coefficient (Wildman–Crippen LogP) is 2.35. The Balaban J connectivity index is 1.90. The number of aryl methyl sites for hydroxylation is 1. The Labute approximate surface area is 185 Å². The van der Waals surface area contributed by atoms with Crippen LogP contribution in [0, 0.1) is 6.92 Å². The van der Waals surface area contributed by atoms with Gasteiger partial charge >= 0.3 is 5.97 Å². The summed E-state index contributed by atoms with van der Waals surface area (Å²) < 4.78 is 5.34. The molecule has 8 nitrogen and oxygen atoms in total. The summed E-state index contributed by atoms with van der Waals surface area (Å²) in [5, 5.41) is 8.90. The lowest BCUT2D eigenvalue weighted by atomic mass is 10.1. The molecule has 0 bridgehead atoms. The number of nitrogens with zero attached hydrogens (tertiary/aromatic N) is 2. The number of carbonyl (C=O) groups excluding carboxylic acids is 3. The van der Waals surface area contributed by atoms with E-state index in [1.165, 1.54) is 12.0 Å². The lowest BCUT2D eigenvalue weighted by molar-refractivity contribution is -0.135. The second-order valence-electron chi connectivity index (χ2n) is 7.34. The number of carboxylic acids is 1. The van der Waals surface area contributed by atoms with Gasteiger partial charge in [0.2, 0.25) is 11.8 Å². The van der Waals surface area contributed by atoms with E-state index in [4.69, 9.17) is 9.84 Å². The molecule has 2 aromatic rings. The van der Waals surface area contributed by atoms with Gasteiger partial charge in [-0.25, -0.2) is 9.69 Å². The molecule has 0 saturated carbocycles. The van der Waals surface area contributed by atoms with Crippen molar-refractivity contribution >= 4 is 29.4 Å². The van der Waals surface area contributed by atoms with Crippen LogP contribution in [0.3, 0.4) is 0 Å². The number of anilines is 1. The Hall–Kier alpha value is -3.94. The second-order valence-corrected chi connectivity index (χ2v) is 7.34. The van der Waals surface area contributed by atoms with Crippen LogP contribution in [-0.4, -0.2) is 53.4 Å². The fourth-order valence-corrected chi connectivity index (χ4v) is 3.74. The number of imide groups is 1. The number of carbonyl (C=O) groups is 4. The van der Waals surface area contributed by atoms with Crippen molar-refractivity contribution in [2.75, 3.05) is 18.6 Å². The fraction of sp³-hybridized carbons (Fsp3) is 0.250. The maximum Gasteiger partial charge on any atom is 0.328 e. The fourth-order valence-electron chi connectivity index (χ4n) is 3.74. The minimum atomic E-state index is -1.28. The minimum absolute atomic E-state index is 0.106. The first-order chi connectivity index (χ1) is 15.3. The Bertz CT molecular complexity index is 1080. The van der Waals surface area contributed by atoms with Gasteiger partial charge in [-0.1, -0.05) is 36.4 Å². The lowest BCUT2D eigenvalue weighted by Crippen LogP contribution is -2.46. The number of hydrogen-bond acceptors (Lipinski definition) is 5. The number of benzene rings is 2. The van der Waals surface area contributed by atoms with Crippen molar-refractivity contribution in [3.05, 3.63) is 71.8 Å². The van der Waals surface area contributed by atoms with Crippen LogP contribution >= 0.6 is 0 Å². The average Bonchev–Trinajstić information content (AvgIpc) is 3.06. The molecular formula is C24H24N2O6. The zero-order valence-electron chi connectivity index (χ0n) is 17.9. The highest BCUT2D eigenvalue weighted by atomic mass is 16.5. The van der Waals surface area contributed by atoms with E-state index in [1.54, 1.807) is 37.3 Å². The third-order valence-electron chi connectivity index (χ3n) is 5.32. The van der Waals surface area contributed by atoms with Gasteiger partial charge in [-0.2, -0.15) is 0 Å². The van der Waals surface area contributed by atoms with E-state index in [0.717, 1.165) is 28.2 Å². The number of amides is 3. The van der Waals surface area contributed by atoms with Gasteiger partial charge in [-0.15, -0.1) is 0 Å². The zero-order valence-corrected chi connectivity index (χ0v) is 17.9. The third kappa shape index (κ3) is 4.85. The molecule has 1 aliphatic rings. The van der Waals surface area contributed by atoms with Gasteiger partial charge in [0.1, 0.15) is 11.8 Å². The SMILES string of the molecule is COc1ccccc1CCN(C(=O)/C=C\C(=O)O)[C@H]1CC(=O)N(c2ccccc2C)C1=O. The van der Waals surface area contributed by atoms with Crippen LogP contribution in [0.5, 0.6) is 5.75 Å². The van der Waals surface area contributed by atoms with Gasteiger partial charge in [0.15, 0.2) is 0 Å². The molecule has 1 saturated heterocycles. The minimum Gasteiger partial charge on any atom is -0.496 e. The summed E-state index contributed by atoms with van der Waals surface area (Å²) in [6.45, 7) is 1.90. The highest BCUT2D eigenvalue weighted by Gasteiger charge is 2.44. The molecule has 2 aromatic carbocycles. The monoisotopic (exact) mass is 436 g/mol. The lowest BCUT2D eigenvalue weighted by Gasteiger charge is -2.27. The van der Waals surface area contributed by atoms with Gasteiger partial charge in [-0.05, 0) is 36.6 Å². The molecule has 0 unspecified atom stereocenters. The largest absolute Gasteiger partial charge is 0.496 e. The first-order valence-corrected chi connectivity index (χ1v) is 10.1. The molecule has 3 amide bonds. The predicted molar refractivity (Wildman–Crippen MR) is 117 cm³/mol. The van der Waals surface area contributed by atoms with Gasteiger partial charge in [-0.3, -0.25) is 14.4 Å². The molecule has 1 aliphatic heterocycles. The topological polar surface area (TPSA) is 104 Å². The zero-order chi connectivity index (χ0) is 23.3. The first-order valence-electron chi connectivity index (χ1n) is 10.1. The van der Waals surface area contributed by atoms with Crippen LogP contribution in [-0.2, 0) is 25.6 Å². The Kier molecular flexibility index (Phi) is 7.04. The highest BCUT2D eigenvalue weighted by Crippen LogP contribution is 2.29. The molecule has 1 heterocycles. The summed E-state index contributed by atoms with van der Waals surface area (Å²) in [4.78, 5) is 52.1. The van der Waals surface area contributed by atoms with Crippen molar-refractivity contribution in [1.29, 1.82) is 0 Å². The van der Waals surface area contributed by atoms with Crippen molar-refractivity contribution in [3.8, 4) is 5.75 Å². The second kappa shape index (κ2) is 9.91. The normalized spacial score (nSPS) is 15.9. The molecular weight excluding hydrogens is 412 g/mol. The van der Waals surface area contributed by atoms with E-state index < -0.39 is 29.7 Å². The van der Waals surface area contributed by atoms with E-state index >= 15 is 0 Å². The van der Waals surface area contributed by atoms with Crippen molar-refractivity contribution in [3.63, 3.8) is 0 Å². The summed E-state index contributed by atoms with van der Waals surface area (Å²) in [7, 11) is 1.54.